The molecule has 0 spiro atoms. The highest BCUT2D eigenvalue weighted by molar-refractivity contribution is 4.86. The molecule has 0 amide bonds. The summed E-state index contributed by atoms with van der Waals surface area (Å²) in [6.45, 7) is 5.26. The van der Waals surface area contributed by atoms with E-state index in [1.54, 1.807) is 0 Å². The monoisotopic (exact) mass is 451 g/mol. The Balaban J connectivity index is 1.75. The van der Waals surface area contributed by atoms with E-state index in [1.165, 1.54) is 116 Å². The molecule has 0 radical (unpaired) electrons. The predicted molar refractivity (Wildman–Crippen MR) is 140 cm³/mol. The summed E-state index contributed by atoms with van der Waals surface area (Å²) in [7, 11) is 0. The molecule has 0 aliphatic carbocycles. The molecule has 1 aliphatic rings. The van der Waals surface area contributed by atoms with Crippen LogP contribution >= 0.6 is 0 Å². The molecule has 4 atom stereocenters. The Hall–Kier alpha value is -0.380. The van der Waals surface area contributed by atoms with Crippen LogP contribution in [0.5, 0.6) is 0 Å². The summed E-state index contributed by atoms with van der Waals surface area (Å²) in [4.78, 5) is 0. The van der Waals surface area contributed by atoms with Gasteiger partial charge in [0.2, 0.25) is 0 Å². The Bertz CT molecular complexity index is 425. The van der Waals surface area contributed by atoms with Gasteiger partial charge in [-0.2, -0.15) is 0 Å². The number of hydrogen-bond donors (Lipinski definition) is 2. The number of hydrogen-bond acceptors (Lipinski definition) is 3. The first-order valence-corrected chi connectivity index (χ1v) is 14.3. The van der Waals surface area contributed by atoms with Crippen LogP contribution < -0.4 is 5.73 Å². The highest BCUT2D eigenvalue weighted by Crippen LogP contribution is 2.20. The average Bonchev–Trinajstić information content (AvgIpc) is 3.10. The van der Waals surface area contributed by atoms with Gasteiger partial charge in [0.05, 0.1) is 24.9 Å². The first kappa shape index (κ1) is 29.7. The van der Waals surface area contributed by atoms with Crippen LogP contribution in [0.3, 0.4) is 0 Å². The Labute approximate surface area is 201 Å². The minimum Gasteiger partial charge on any atom is -0.389 e. The zero-order valence-corrected chi connectivity index (χ0v) is 21.7. The third-order valence-electron chi connectivity index (χ3n) is 7.22. The van der Waals surface area contributed by atoms with E-state index in [1.807, 2.05) is 0 Å². The van der Waals surface area contributed by atoms with Crippen molar-refractivity contribution in [3.63, 3.8) is 0 Å². The van der Waals surface area contributed by atoms with Crippen molar-refractivity contribution in [2.75, 3.05) is 6.61 Å². The van der Waals surface area contributed by atoms with Gasteiger partial charge in [-0.1, -0.05) is 122 Å². The van der Waals surface area contributed by atoms with Crippen LogP contribution in [0.15, 0.2) is 12.2 Å². The molecule has 3 N–H and O–H groups in total. The number of ether oxygens (including phenoxy) is 1. The Morgan fingerprint density at radius 1 is 0.781 bits per heavy atom. The molecule has 190 valence electrons. The van der Waals surface area contributed by atoms with Crippen molar-refractivity contribution in [3.8, 4) is 0 Å². The predicted octanol–water partition coefficient (Wildman–Crippen LogP) is 8.09. The maximum absolute atomic E-state index is 9.88. The number of aliphatic hydroxyl groups excluding tert-OH is 1. The summed E-state index contributed by atoms with van der Waals surface area (Å²) >= 11 is 0. The molecule has 0 aromatic rings. The van der Waals surface area contributed by atoms with E-state index in [4.69, 9.17) is 10.5 Å². The number of rotatable bonds is 22. The van der Waals surface area contributed by atoms with E-state index < -0.39 is 6.10 Å². The Morgan fingerprint density at radius 2 is 1.28 bits per heavy atom. The first-order valence-electron chi connectivity index (χ1n) is 14.3. The van der Waals surface area contributed by atoms with Crippen LogP contribution in [0.25, 0.3) is 0 Å². The van der Waals surface area contributed by atoms with Crippen molar-refractivity contribution in [2.24, 2.45) is 11.7 Å². The van der Waals surface area contributed by atoms with Crippen molar-refractivity contribution in [1.29, 1.82) is 0 Å². The van der Waals surface area contributed by atoms with E-state index in [-0.39, 0.29) is 12.1 Å². The van der Waals surface area contributed by atoms with Gasteiger partial charge in [-0.05, 0) is 38.0 Å². The van der Waals surface area contributed by atoms with Crippen molar-refractivity contribution < 1.29 is 9.84 Å². The van der Waals surface area contributed by atoms with E-state index in [0.717, 1.165) is 18.8 Å². The second-order valence-corrected chi connectivity index (χ2v) is 10.5. The number of allylic oxidation sites excluding steroid dienone is 2. The molecule has 0 saturated carbocycles. The lowest BCUT2D eigenvalue weighted by atomic mass is 9.96. The minimum atomic E-state index is -0.462. The summed E-state index contributed by atoms with van der Waals surface area (Å²) in [6.07, 6.45) is 31.1. The van der Waals surface area contributed by atoms with Gasteiger partial charge in [0.15, 0.2) is 0 Å². The second kappa shape index (κ2) is 21.2. The van der Waals surface area contributed by atoms with Gasteiger partial charge in [0, 0.05) is 0 Å². The molecule has 0 aromatic heterocycles. The summed E-state index contributed by atoms with van der Waals surface area (Å²) < 4.78 is 5.54. The summed E-state index contributed by atoms with van der Waals surface area (Å²) in [5, 5.41) is 9.88. The summed E-state index contributed by atoms with van der Waals surface area (Å²) in [5.74, 6) is 0.940. The lowest BCUT2D eigenvalue weighted by molar-refractivity contribution is 0.0342. The van der Waals surface area contributed by atoms with Crippen molar-refractivity contribution in [1.82, 2.24) is 0 Å². The molecule has 1 rings (SSSR count). The van der Waals surface area contributed by atoms with E-state index in [9.17, 15) is 5.11 Å². The smallest absolute Gasteiger partial charge is 0.0974 e. The first-order chi connectivity index (χ1) is 15.6. The number of unbranched alkanes of at least 4 members (excludes halogenated alkanes) is 14. The lowest BCUT2D eigenvalue weighted by Crippen LogP contribution is -2.36. The zero-order valence-electron chi connectivity index (χ0n) is 21.7. The second-order valence-electron chi connectivity index (χ2n) is 10.5. The van der Waals surface area contributed by atoms with Crippen molar-refractivity contribution in [3.05, 3.63) is 12.2 Å². The number of nitrogens with two attached hydrogens (primary N) is 1. The molecule has 1 fully saturated rings. The highest BCUT2D eigenvalue weighted by atomic mass is 16.5. The molecule has 1 heterocycles. The molecule has 3 heteroatoms. The fourth-order valence-electron chi connectivity index (χ4n) is 4.86. The molecular formula is C29H57NO2. The quantitative estimate of drug-likeness (QED) is 0.129. The third kappa shape index (κ3) is 16.3. The molecular weight excluding hydrogens is 394 g/mol. The van der Waals surface area contributed by atoms with Gasteiger partial charge < -0.3 is 15.6 Å². The Morgan fingerprint density at radius 3 is 1.81 bits per heavy atom. The normalized spacial score (nSPS) is 22.2. The standard InChI is InChI=1S/C29H57NO2/c1-3-4-5-16-19-22-26(2)23-20-17-14-12-10-8-6-7-9-11-13-15-18-21-24-28-29(31)27(30)25-32-28/h7,9,26-29,31H,3-6,8,10-25,30H2,1-2H3. The van der Waals surface area contributed by atoms with Crippen molar-refractivity contribution >= 4 is 0 Å². The van der Waals surface area contributed by atoms with Crippen LogP contribution in [0.4, 0.5) is 0 Å². The lowest BCUT2D eigenvalue weighted by Gasteiger charge is -2.14. The van der Waals surface area contributed by atoms with Crippen molar-refractivity contribution in [2.45, 2.75) is 161 Å². The van der Waals surface area contributed by atoms with Gasteiger partial charge in [0.25, 0.3) is 0 Å². The van der Waals surface area contributed by atoms with Gasteiger partial charge in [0.1, 0.15) is 0 Å². The molecule has 1 saturated heterocycles. The fourth-order valence-corrected chi connectivity index (χ4v) is 4.86. The average molecular weight is 452 g/mol. The fraction of sp³-hybridized carbons (Fsp3) is 0.931. The van der Waals surface area contributed by atoms with Crippen LogP contribution in [0, 0.1) is 5.92 Å². The maximum atomic E-state index is 9.88. The van der Waals surface area contributed by atoms with Gasteiger partial charge in [-0.15, -0.1) is 0 Å². The molecule has 1 aliphatic heterocycles. The molecule has 32 heavy (non-hydrogen) atoms. The number of aliphatic hydroxyl groups is 1. The largest absolute Gasteiger partial charge is 0.389 e. The summed E-state index contributed by atoms with van der Waals surface area (Å²) in [6, 6.07) is -0.186. The maximum Gasteiger partial charge on any atom is 0.0974 e. The molecule has 0 bridgehead atoms. The van der Waals surface area contributed by atoms with Crippen LogP contribution in [-0.4, -0.2) is 30.0 Å². The molecule has 0 aromatic carbocycles. The van der Waals surface area contributed by atoms with E-state index in [0.29, 0.717) is 6.61 Å². The van der Waals surface area contributed by atoms with E-state index in [2.05, 4.69) is 26.0 Å². The minimum absolute atomic E-state index is 0.0291. The van der Waals surface area contributed by atoms with Crippen LogP contribution in [0.2, 0.25) is 0 Å². The zero-order chi connectivity index (χ0) is 23.3. The van der Waals surface area contributed by atoms with Crippen LogP contribution in [-0.2, 0) is 4.74 Å². The third-order valence-corrected chi connectivity index (χ3v) is 7.22. The molecule has 3 nitrogen and oxygen atoms in total. The topological polar surface area (TPSA) is 55.5 Å². The van der Waals surface area contributed by atoms with Gasteiger partial charge >= 0.3 is 0 Å². The highest BCUT2D eigenvalue weighted by Gasteiger charge is 2.32. The summed E-state index contributed by atoms with van der Waals surface area (Å²) in [5.41, 5.74) is 5.78. The van der Waals surface area contributed by atoms with Crippen LogP contribution in [0.1, 0.15) is 142 Å². The SMILES string of the molecule is CCCCCCCC(C)CCCCCCCCC=CCCCCCCC1OCC(N)C1O. The van der Waals surface area contributed by atoms with Gasteiger partial charge in [-0.3, -0.25) is 0 Å². The van der Waals surface area contributed by atoms with E-state index >= 15 is 0 Å². The molecule has 4 unspecified atom stereocenters. The Kier molecular flexibility index (Phi) is 19.6. The van der Waals surface area contributed by atoms with Gasteiger partial charge in [-0.25, -0.2) is 0 Å².